The average Bonchev–Trinajstić information content (AvgIpc) is 2.35. The lowest BCUT2D eigenvalue weighted by Crippen LogP contribution is -2.21. The van der Waals surface area contributed by atoms with Gasteiger partial charge in [-0.3, -0.25) is 0 Å². The average molecular weight is 314 g/mol. The molecule has 2 nitrogen and oxygen atoms in total. The Hall–Kier alpha value is -1.83. The number of allylic oxidation sites excluding steroid dienone is 9. The second-order valence-corrected chi connectivity index (χ2v) is 7.22. The van der Waals surface area contributed by atoms with Crippen LogP contribution in [-0.4, -0.2) is 11.1 Å². The molecule has 0 aromatic carbocycles. The van der Waals surface area contributed by atoms with Gasteiger partial charge in [-0.1, -0.05) is 49.3 Å². The van der Waals surface area contributed by atoms with Crippen LogP contribution in [0.3, 0.4) is 0 Å². The van der Waals surface area contributed by atoms with E-state index in [1.165, 1.54) is 47.6 Å². The van der Waals surface area contributed by atoms with Crippen LogP contribution in [0.4, 0.5) is 0 Å². The lowest BCUT2D eigenvalue weighted by Gasteiger charge is -2.35. The van der Waals surface area contributed by atoms with E-state index in [2.05, 4.69) is 40.7 Å². The fourth-order valence-electron chi connectivity index (χ4n) is 3.55. The van der Waals surface area contributed by atoms with Crippen molar-refractivity contribution in [2.24, 2.45) is 5.41 Å². The van der Waals surface area contributed by atoms with Crippen LogP contribution in [-0.2, 0) is 4.79 Å². The van der Waals surface area contributed by atoms with Gasteiger partial charge in [-0.15, -0.1) is 0 Å². The van der Waals surface area contributed by atoms with Crippen molar-refractivity contribution in [3.8, 4) is 0 Å². The zero-order chi connectivity index (χ0) is 17.6. The van der Waals surface area contributed by atoms with Gasteiger partial charge in [0.05, 0.1) is 0 Å². The molecule has 0 amide bonds. The molecular weight excluding hydrogens is 284 g/mol. The van der Waals surface area contributed by atoms with Crippen LogP contribution in [0.5, 0.6) is 0 Å². The van der Waals surface area contributed by atoms with E-state index in [4.69, 9.17) is 5.11 Å². The summed E-state index contributed by atoms with van der Waals surface area (Å²) >= 11 is 0. The van der Waals surface area contributed by atoms with Gasteiger partial charge in [0.1, 0.15) is 0 Å². The lowest BCUT2D eigenvalue weighted by atomic mass is 9.70. The van der Waals surface area contributed by atoms with Gasteiger partial charge in [-0.05, 0) is 69.1 Å². The summed E-state index contributed by atoms with van der Waals surface area (Å²) in [5, 5.41) is 8.69. The molecule has 0 unspecified atom stereocenters. The van der Waals surface area contributed by atoms with E-state index >= 15 is 0 Å². The summed E-state index contributed by atoms with van der Waals surface area (Å²) < 4.78 is 0. The van der Waals surface area contributed by atoms with Crippen molar-refractivity contribution in [3.05, 3.63) is 58.2 Å². The third kappa shape index (κ3) is 6.05. The first-order chi connectivity index (χ1) is 10.6. The second-order valence-electron chi connectivity index (χ2n) is 7.22. The highest BCUT2D eigenvalue weighted by atomic mass is 16.4. The Morgan fingerprint density at radius 1 is 1.13 bits per heavy atom. The van der Waals surface area contributed by atoms with E-state index < -0.39 is 5.97 Å². The van der Waals surface area contributed by atoms with Crippen LogP contribution < -0.4 is 0 Å². The highest BCUT2D eigenvalue weighted by Crippen LogP contribution is 2.43. The van der Waals surface area contributed by atoms with Gasteiger partial charge in [0.15, 0.2) is 0 Å². The smallest absolute Gasteiger partial charge is 0.328 e. The summed E-state index contributed by atoms with van der Waals surface area (Å²) in [6.45, 7) is 13.0. The summed E-state index contributed by atoms with van der Waals surface area (Å²) in [4.78, 5) is 10.6. The molecule has 0 saturated carbocycles. The molecule has 0 atom stereocenters. The normalized spacial score (nSPS) is 20.3. The first-order valence-corrected chi connectivity index (χ1v) is 8.28. The highest BCUT2D eigenvalue weighted by Gasteiger charge is 2.28. The molecule has 0 spiro atoms. The fraction of sp³-hybridized carbons (Fsp3) is 0.476. The standard InChI is InChI=1S/C21H30O2/c1-15(9-7-10-16(2)14-19(22)23)13-18(4)20-17(3)11-8-12-21(20,5)6/h7,9-10,13-14H,8,11-12H2,1-6H3,(H,22,23)/b10-7+,15-9+,16-14+,18-13-. The van der Waals surface area contributed by atoms with Crippen LogP contribution in [0.15, 0.2) is 58.2 Å². The number of hydrogen-bond donors (Lipinski definition) is 1. The molecule has 0 bridgehead atoms. The number of carbonyl (C=O) groups is 1. The number of carboxylic acid groups (broad SMARTS) is 1. The van der Waals surface area contributed by atoms with Crippen molar-refractivity contribution in [1.29, 1.82) is 0 Å². The lowest BCUT2D eigenvalue weighted by molar-refractivity contribution is -0.131. The number of aliphatic carboxylic acids is 1. The molecule has 0 aromatic rings. The van der Waals surface area contributed by atoms with Gasteiger partial charge in [-0.25, -0.2) is 4.79 Å². The summed E-state index contributed by atoms with van der Waals surface area (Å²) in [6, 6.07) is 0. The van der Waals surface area contributed by atoms with Gasteiger partial charge in [0, 0.05) is 6.08 Å². The van der Waals surface area contributed by atoms with E-state index in [1.807, 2.05) is 18.2 Å². The third-order valence-corrected chi connectivity index (χ3v) is 4.37. The SMILES string of the molecule is CC1=C(\C(C)=C/C(C)=C/C=C/C(C)=C/C(=O)O)C(C)(C)CCC1. The van der Waals surface area contributed by atoms with Gasteiger partial charge < -0.3 is 5.11 Å². The zero-order valence-electron chi connectivity index (χ0n) is 15.4. The predicted octanol–water partition coefficient (Wildman–Crippen LogP) is 5.99. The molecule has 1 rings (SSSR count). The van der Waals surface area contributed by atoms with Gasteiger partial charge in [0.2, 0.25) is 0 Å². The Bertz CT molecular complexity index is 608. The quantitative estimate of drug-likeness (QED) is 0.499. The van der Waals surface area contributed by atoms with E-state index in [9.17, 15) is 4.79 Å². The van der Waals surface area contributed by atoms with E-state index in [1.54, 1.807) is 6.92 Å². The third-order valence-electron chi connectivity index (χ3n) is 4.37. The number of carboxylic acids is 1. The first-order valence-electron chi connectivity index (χ1n) is 8.28. The van der Waals surface area contributed by atoms with Crippen molar-refractivity contribution in [1.82, 2.24) is 0 Å². The van der Waals surface area contributed by atoms with Crippen LogP contribution in [0.1, 0.15) is 60.8 Å². The molecule has 23 heavy (non-hydrogen) atoms. The van der Waals surface area contributed by atoms with Crippen molar-refractivity contribution in [3.63, 3.8) is 0 Å². The predicted molar refractivity (Wildman–Crippen MR) is 98.4 cm³/mol. The van der Waals surface area contributed by atoms with E-state index in [0.717, 1.165) is 5.57 Å². The molecule has 0 aromatic heterocycles. The minimum atomic E-state index is -0.912. The van der Waals surface area contributed by atoms with Crippen LogP contribution in [0, 0.1) is 5.41 Å². The largest absolute Gasteiger partial charge is 0.478 e. The monoisotopic (exact) mass is 314 g/mol. The number of rotatable bonds is 5. The van der Waals surface area contributed by atoms with Crippen LogP contribution in [0.2, 0.25) is 0 Å². The van der Waals surface area contributed by atoms with E-state index in [-0.39, 0.29) is 5.41 Å². The molecule has 0 saturated heterocycles. The molecule has 2 heteroatoms. The summed E-state index contributed by atoms with van der Waals surface area (Å²) in [6.07, 6.45) is 12.9. The Morgan fingerprint density at radius 3 is 2.35 bits per heavy atom. The molecular formula is C21H30O2. The van der Waals surface area contributed by atoms with Crippen molar-refractivity contribution in [2.45, 2.75) is 60.8 Å². The Morgan fingerprint density at radius 2 is 1.78 bits per heavy atom. The molecule has 1 aliphatic rings. The first kappa shape index (κ1) is 19.2. The van der Waals surface area contributed by atoms with Gasteiger partial charge in [0.25, 0.3) is 0 Å². The summed E-state index contributed by atoms with van der Waals surface area (Å²) in [5.41, 5.74) is 6.51. The maximum atomic E-state index is 10.6. The summed E-state index contributed by atoms with van der Waals surface area (Å²) in [7, 11) is 0. The molecule has 1 aliphatic carbocycles. The Balaban J connectivity index is 2.95. The maximum Gasteiger partial charge on any atom is 0.328 e. The van der Waals surface area contributed by atoms with Crippen molar-refractivity contribution >= 4 is 5.97 Å². The minimum absolute atomic E-state index is 0.250. The zero-order valence-corrected chi connectivity index (χ0v) is 15.4. The highest BCUT2D eigenvalue weighted by molar-refractivity contribution is 5.81. The number of hydrogen-bond acceptors (Lipinski definition) is 1. The topological polar surface area (TPSA) is 37.3 Å². The maximum absolute atomic E-state index is 10.6. The fourth-order valence-corrected chi connectivity index (χ4v) is 3.55. The van der Waals surface area contributed by atoms with Crippen LogP contribution >= 0.6 is 0 Å². The second kappa shape index (κ2) is 8.14. The Kier molecular flexibility index (Phi) is 6.80. The molecule has 126 valence electrons. The molecule has 0 radical (unpaired) electrons. The minimum Gasteiger partial charge on any atom is -0.478 e. The van der Waals surface area contributed by atoms with Gasteiger partial charge >= 0.3 is 5.97 Å². The van der Waals surface area contributed by atoms with Gasteiger partial charge in [-0.2, -0.15) is 0 Å². The molecule has 0 aliphatic heterocycles. The van der Waals surface area contributed by atoms with E-state index in [0.29, 0.717) is 0 Å². The molecule has 0 heterocycles. The van der Waals surface area contributed by atoms with Crippen molar-refractivity contribution < 1.29 is 9.90 Å². The summed E-state index contributed by atoms with van der Waals surface area (Å²) in [5.74, 6) is -0.912. The molecule has 1 N–H and O–H groups in total. The van der Waals surface area contributed by atoms with Crippen LogP contribution in [0.25, 0.3) is 0 Å². The Labute approximate surface area is 141 Å². The van der Waals surface area contributed by atoms with Crippen molar-refractivity contribution in [2.75, 3.05) is 0 Å². The molecule has 0 fully saturated rings.